The predicted octanol–water partition coefficient (Wildman–Crippen LogP) is 0.0169. The van der Waals surface area contributed by atoms with E-state index >= 15 is 0 Å². The highest BCUT2D eigenvalue weighted by Crippen LogP contribution is 1.94. The first kappa shape index (κ1) is 13.0. The van der Waals surface area contributed by atoms with Gasteiger partial charge in [-0.25, -0.2) is 4.79 Å². The normalized spacial score (nSPS) is 9.47. The SMILES string of the molecule is CC(=O)NCCNC(=O)NCc1ccncc1. The Kier molecular flexibility index (Phi) is 5.50. The van der Waals surface area contributed by atoms with Crippen LogP contribution in [-0.2, 0) is 11.3 Å². The van der Waals surface area contributed by atoms with E-state index in [1.165, 1.54) is 6.92 Å². The van der Waals surface area contributed by atoms with Gasteiger partial charge in [-0.1, -0.05) is 0 Å². The van der Waals surface area contributed by atoms with Crippen LogP contribution < -0.4 is 16.0 Å². The molecule has 0 radical (unpaired) electrons. The second-order valence-corrected chi connectivity index (χ2v) is 3.45. The van der Waals surface area contributed by atoms with Crippen molar-refractivity contribution in [2.24, 2.45) is 0 Å². The van der Waals surface area contributed by atoms with Gasteiger partial charge >= 0.3 is 6.03 Å². The average Bonchev–Trinajstić information content (AvgIpc) is 2.33. The minimum atomic E-state index is -0.257. The lowest BCUT2D eigenvalue weighted by atomic mass is 10.3. The number of hydrogen-bond acceptors (Lipinski definition) is 3. The van der Waals surface area contributed by atoms with Crippen LogP contribution in [0.4, 0.5) is 4.79 Å². The van der Waals surface area contributed by atoms with Crippen LogP contribution in [0.25, 0.3) is 0 Å². The molecule has 6 nitrogen and oxygen atoms in total. The molecule has 1 aromatic rings. The maximum absolute atomic E-state index is 11.3. The Morgan fingerprint density at radius 1 is 1.12 bits per heavy atom. The van der Waals surface area contributed by atoms with Crippen LogP contribution in [-0.4, -0.2) is 30.0 Å². The Morgan fingerprint density at radius 2 is 1.76 bits per heavy atom. The van der Waals surface area contributed by atoms with E-state index in [2.05, 4.69) is 20.9 Å². The number of carbonyl (C=O) groups excluding carboxylic acids is 2. The lowest BCUT2D eigenvalue weighted by molar-refractivity contribution is -0.118. The molecule has 0 atom stereocenters. The number of aromatic nitrogens is 1. The summed E-state index contributed by atoms with van der Waals surface area (Å²) >= 11 is 0. The van der Waals surface area contributed by atoms with Gasteiger partial charge in [-0.15, -0.1) is 0 Å². The summed E-state index contributed by atoms with van der Waals surface area (Å²) in [6.45, 7) is 2.72. The third kappa shape index (κ3) is 6.14. The zero-order chi connectivity index (χ0) is 12.5. The van der Waals surface area contributed by atoms with Gasteiger partial charge in [0, 0.05) is 39.0 Å². The summed E-state index contributed by atoms with van der Waals surface area (Å²) in [4.78, 5) is 25.7. The summed E-state index contributed by atoms with van der Waals surface area (Å²) in [5.74, 6) is -0.107. The van der Waals surface area contributed by atoms with E-state index < -0.39 is 0 Å². The zero-order valence-corrected chi connectivity index (χ0v) is 9.69. The molecule has 0 aromatic carbocycles. The van der Waals surface area contributed by atoms with E-state index in [-0.39, 0.29) is 11.9 Å². The second-order valence-electron chi connectivity index (χ2n) is 3.45. The van der Waals surface area contributed by atoms with E-state index in [1.807, 2.05) is 12.1 Å². The number of nitrogens with zero attached hydrogens (tertiary/aromatic N) is 1. The Bertz CT molecular complexity index is 367. The monoisotopic (exact) mass is 236 g/mol. The minimum absolute atomic E-state index is 0.107. The Labute approximate surface area is 99.8 Å². The molecule has 1 aromatic heterocycles. The van der Waals surface area contributed by atoms with E-state index in [9.17, 15) is 9.59 Å². The molecule has 0 aliphatic carbocycles. The number of rotatable bonds is 5. The zero-order valence-electron chi connectivity index (χ0n) is 9.69. The molecule has 0 spiro atoms. The molecule has 0 aliphatic rings. The fraction of sp³-hybridized carbons (Fsp3) is 0.364. The van der Waals surface area contributed by atoms with Crippen molar-refractivity contribution in [1.82, 2.24) is 20.9 Å². The van der Waals surface area contributed by atoms with Crippen molar-refractivity contribution in [3.63, 3.8) is 0 Å². The summed E-state index contributed by atoms with van der Waals surface area (Å²) in [6, 6.07) is 3.40. The van der Waals surface area contributed by atoms with Crippen molar-refractivity contribution in [2.45, 2.75) is 13.5 Å². The molecule has 0 saturated carbocycles. The largest absolute Gasteiger partial charge is 0.355 e. The highest BCUT2D eigenvalue weighted by molar-refractivity contribution is 5.74. The van der Waals surface area contributed by atoms with Gasteiger partial charge in [0.2, 0.25) is 5.91 Å². The molecule has 0 bridgehead atoms. The van der Waals surface area contributed by atoms with Crippen LogP contribution >= 0.6 is 0 Å². The van der Waals surface area contributed by atoms with Crippen molar-refractivity contribution in [2.75, 3.05) is 13.1 Å². The van der Waals surface area contributed by atoms with Crippen molar-refractivity contribution in [3.05, 3.63) is 30.1 Å². The standard InChI is InChI=1S/C11H16N4O2/c1-9(16)13-6-7-14-11(17)15-8-10-2-4-12-5-3-10/h2-5H,6-8H2,1H3,(H,13,16)(H2,14,15,17). The first-order chi connectivity index (χ1) is 8.18. The van der Waals surface area contributed by atoms with Crippen molar-refractivity contribution >= 4 is 11.9 Å². The van der Waals surface area contributed by atoms with Gasteiger partial charge in [0.25, 0.3) is 0 Å². The molecule has 1 heterocycles. The smallest absolute Gasteiger partial charge is 0.315 e. The number of carbonyl (C=O) groups is 2. The summed E-state index contributed by atoms with van der Waals surface area (Å²) in [6.07, 6.45) is 3.34. The quantitative estimate of drug-likeness (QED) is 0.630. The van der Waals surface area contributed by atoms with Gasteiger partial charge in [-0.2, -0.15) is 0 Å². The average molecular weight is 236 g/mol. The maximum atomic E-state index is 11.3. The molecular weight excluding hydrogens is 220 g/mol. The molecule has 0 saturated heterocycles. The first-order valence-electron chi connectivity index (χ1n) is 5.33. The summed E-state index contributed by atoms with van der Waals surface area (Å²) in [5, 5.41) is 7.91. The fourth-order valence-corrected chi connectivity index (χ4v) is 1.16. The molecular formula is C11H16N4O2. The molecule has 92 valence electrons. The number of hydrogen-bond donors (Lipinski definition) is 3. The van der Waals surface area contributed by atoms with Crippen LogP contribution in [0.1, 0.15) is 12.5 Å². The molecule has 17 heavy (non-hydrogen) atoms. The van der Waals surface area contributed by atoms with Gasteiger partial charge in [0.05, 0.1) is 0 Å². The molecule has 0 aliphatic heterocycles. The van der Waals surface area contributed by atoms with Crippen LogP contribution in [0.2, 0.25) is 0 Å². The van der Waals surface area contributed by atoms with Gasteiger partial charge < -0.3 is 16.0 Å². The Balaban J connectivity index is 2.11. The highest BCUT2D eigenvalue weighted by Gasteiger charge is 1.99. The maximum Gasteiger partial charge on any atom is 0.315 e. The number of pyridine rings is 1. The number of urea groups is 1. The van der Waals surface area contributed by atoms with Gasteiger partial charge in [0.1, 0.15) is 0 Å². The van der Waals surface area contributed by atoms with Crippen molar-refractivity contribution in [3.8, 4) is 0 Å². The van der Waals surface area contributed by atoms with Crippen LogP contribution in [0.3, 0.4) is 0 Å². The van der Waals surface area contributed by atoms with E-state index in [0.29, 0.717) is 19.6 Å². The second kappa shape index (κ2) is 7.21. The lowest BCUT2D eigenvalue weighted by Crippen LogP contribution is -2.39. The first-order valence-corrected chi connectivity index (χ1v) is 5.33. The molecule has 3 N–H and O–H groups in total. The third-order valence-corrected chi connectivity index (χ3v) is 1.99. The summed E-state index contributed by atoms with van der Waals surface area (Å²) < 4.78 is 0. The van der Waals surface area contributed by atoms with E-state index in [1.54, 1.807) is 12.4 Å². The van der Waals surface area contributed by atoms with E-state index in [4.69, 9.17) is 0 Å². The Hall–Kier alpha value is -2.11. The van der Waals surface area contributed by atoms with Crippen LogP contribution in [0.5, 0.6) is 0 Å². The predicted molar refractivity (Wildman–Crippen MR) is 63.2 cm³/mol. The lowest BCUT2D eigenvalue weighted by Gasteiger charge is -2.07. The summed E-state index contributed by atoms with van der Waals surface area (Å²) in [7, 11) is 0. The van der Waals surface area contributed by atoms with Gasteiger partial charge in [-0.3, -0.25) is 9.78 Å². The Morgan fingerprint density at radius 3 is 2.41 bits per heavy atom. The third-order valence-electron chi connectivity index (χ3n) is 1.99. The molecule has 3 amide bonds. The molecule has 1 rings (SSSR count). The van der Waals surface area contributed by atoms with Crippen molar-refractivity contribution in [1.29, 1.82) is 0 Å². The van der Waals surface area contributed by atoms with Gasteiger partial charge in [0.15, 0.2) is 0 Å². The molecule has 6 heteroatoms. The topological polar surface area (TPSA) is 83.1 Å². The summed E-state index contributed by atoms with van der Waals surface area (Å²) in [5.41, 5.74) is 0.983. The van der Waals surface area contributed by atoms with E-state index in [0.717, 1.165) is 5.56 Å². The molecule has 0 fully saturated rings. The van der Waals surface area contributed by atoms with Crippen LogP contribution in [0, 0.1) is 0 Å². The number of amides is 3. The van der Waals surface area contributed by atoms with Gasteiger partial charge in [-0.05, 0) is 17.7 Å². The fourth-order valence-electron chi connectivity index (χ4n) is 1.16. The minimum Gasteiger partial charge on any atom is -0.355 e. The van der Waals surface area contributed by atoms with Crippen molar-refractivity contribution < 1.29 is 9.59 Å². The molecule has 0 unspecified atom stereocenters. The number of nitrogens with one attached hydrogen (secondary N) is 3. The van der Waals surface area contributed by atoms with Crippen LogP contribution in [0.15, 0.2) is 24.5 Å². The highest BCUT2D eigenvalue weighted by atomic mass is 16.2.